The molecule has 2 aromatic rings. The predicted molar refractivity (Wildman–Crippen MR) is 129 cm³/mol. The van der Waals surface area contributed by atoms with E-state index in [-0.39, 0.29) is 22.4 Å². The lowest BCUT2D eigenvalue weighted by molar-refractivity contribution is 0.0227. The number of rotatable bonds is 6. The van der Waals surface area contributed by atoms with E-state index in [4.69, 9.17) is 4.74 Å². The Balaban J connectivity index is 1.57. The van der Waals surface area contributed by atoms with Gasteiger partial charge >= 0.3 is 0 Å². The molecule has 0 saturated carbocycles. The van der Waals surface area contributed by atoms with Crippen molar-refractivity contribution in [1.82, 2.24) is 9.62 Å². The van der Waals surface area contributed by atoms with Gasteiger partial charge in [-0.15, -0.1) is 0 Å². The summed E-state index contributed by atoms with van der Waals surface area (Å²) in [5.41, 5.74) is 0.974. The highest BCUT2D eigenvalue weighted by Crippen LogP contribution is 2.42. The van der Waals surface area contributed by atoms with Crippen molar-refractivity contribution in [2.24, 2.45) is 5.92 Å². The van der Waals surface area contributed by atoms with E-state index in [2.05, 4.69) is 26.1 Å². The number of para-hydroxylation sites is 1. The van der Waals surface area contributed by atoms with Gasteiger partial charge in [-0.25, -0.2) is 8.42 Å². The Kier molecular flexibility index (Phi) is 6.82. The maximum atomic E-state index is 13.2. The van der Waals surface area contributed by atoms with Crippen molar-refractivity contribution in [3.05, 3.63) is 59.7 Å². The summed E-state index contributed by atoms with van der Waals surface area (Å²) in [7, 11) is -3.62. The van der Waals surface area contributed by atoms with Crippen LogP contribution in [0.3, 0.4) is 0 Å². The van der Waals surface area contributed by atoms with E-state index in [1.165, 1.54) is 10.4 Å². The number of amides is 1. The fourth-order valence-electron chi connectivity index (χ4n) is 4.84. The number of ether oxygens (including phenoxy) is 1. The number of nitrogens with zero attached hydrogens (tertiary/aromatic N) is 1. The topological polar surface area (TPSA) is 75.7 Å². The van der Waals surface area contributed by atoms with E-state index in [0.29, 0.717) is 31.0 Å². The third-order valence-corrected chi connectivity index (χ3v) is 9.16. The molecule has 1 atom stereocenters. The van der Waals surface area contributed by atoms with Crippen LogP contribution in [0.25, 0.3) is 0 Å². The average Bonchev–Trinajstić information content (AvgIpc) is 2.84. The standard InChI is InChI=1S/C26H34N2O4S/c1-4-26(5-2)18-23(22-11-6-7-12-24(22)32-26)27-25(29)20-9-8-10-21(17-20)33(30,31)28-15-13-19(3)14-16-28/h6-12,17,19,23H,4-5,13-16,18H2,1-3H3,(H,27,29)/t23-/m0/s1. The molecule has 0 aromatic heterocycles. The summed E-state index contributed by atoms with van der Waals surface area (Å²) in [6.07, 6.45) is 4.07. The first-order valence-corrected chi connectivity index (χ1v) is 13.4. The third-order valence-electron chi connectivity index (χ3n) is 7.27. The molecule has 2 aromatic carbocycles. The Hall–Kier alpha value is -2.38. The lowest BCUT2D eigenvalue weighted by atomic mass is 9.83. The zero-order valence-electron chi connectivity index (χ0n) is 19.7. The molecule has 178 valence electrons. The Bertz CT molecular complexity index is 1100. The molecule has 2 heterocycles. The Labute approximate surface area is 197 Å². The normalized spacial score (nSPS) is 21.1. The number of fused-ring (bicyclic) bond motifs is 1. The quantitative estimate of drug-likeness (QED) is 0.650. The molecule has 0 aliphatic carbocycles. The molecule has 2 aliphatic heterocycles. The van der Waals surface area contributed by atoms with Gasteiger partial charge in [0.05, 0.1) is 10.9 Å². The molecule has 2 aliphatic rings. The van der Waals surface area contributed by atoms with Crippen molar-refractivity contribution in [1.29, 1.82) is 0 Å². The second-order valence-electron chi connectivity index (χ2n) is 9.37. The molecule has 1 fully saturated rings. The van der Waals surface area contributed by atoms with E-state index in [1.807, 2.05) is 24.3 Å². The number of benzene rings is 2. The molecular formula is C26H34N2O4S. The van der Waals surface area contributed by atoms with E-state index in [1.54, 1.807) is 18.2 Å². The summed E-state index contributed by atoms with van der Waals surface area (Å²) >= 11 is 0. The number of carbonyl (C=O) groups excluding carboxylic acids is 1. The van der Waals surface area contributed by atoms with Crippen LogP contribution in [0.2, 0.25) is 0 Å². The molecule has 0 spiro atoms. The van der Waals surface area contributed by atoms with Crippen molar-refractivity contribution in [3.8, 4) is 5.75 Å². The lowest BCUT2D eigenvalue weighted by Gasteiger charge is -2.41. The number of hydrogen-bond acceptors (Lipinski definition) is 4. The van der Waals surface area contributed by atoms with Gasteiger partial charge in [0.1, 0.15) is 11.4 Å². The van der Waals surface area contributed by atoms with Gasteiger partial charge in [-0.2, -0.15) is 4.31 Å². The smallest absolute Gasteiger partial charge is 0.251 e. The molecule has 33 heavy (non-hydrogen) atoms. The molecule has 7 heteroatoms. The highest BCUT2D eigenvalue weighted by molar-refractivity contribution is 7.89. The fourth-order valence-corrected chi connectivity index (χ4v) is 6.36. The summed E-state index contributed by atoms with van der Waals surface area (Å²) < 4.78 is 34.2. The number of sulfonamides is 1. The van der Waals surface area contributed by atoms with Gasteiger partial charge in [0.15, 0.2) is 0 Å². The lowest BCUT2D eigenvalue weighted by Crippen LogP contribution is -2.44. The molecule has 1 N–H and O–H groups in total. The minimum absolute atomic E-state index is 0.175. The van der Waals surface area contributed by atoms with Crippen molar-refractivity contribution in [2.75, 3.05) is 13.1 Å². The van der Waals surface area contributed by atoms with Gasteiger partial charge in [0.25, 0.3) is 5.91 Å². The largest absolute Gasteiger partial charge is 0.487 e. The highest BCUT2D eigenvalue weighted by atomic mass is 32.2. The van der Waals surface area contributed by atoms with Crippen LogP contribution in [0.15, 0.2) is 53.4 Å². The van der Waals surface area contributed by atoms with Crippen molar-refractivity contribution < 1.29 is 17.9 Å². The molecule has 4 rings (SSSR count). The van der Waals surface area contributed by atoms with Crippen molar-refractivity contribution in [3.63, 3.8) is 0 Å². The Morgan fingerprint density at radius 2 is 1.79 bits per heavy atom. The van der Waals surface area contributed by atoms with E-state index in [0.717, 1.165) is 37.0 Å². The zero-order chi connectivity index (χ0) is 23.6. The highest BCUT2D eigenvalue weighted by Gasteiger charge is 2.39. The monoisotopic (exact) mass is 470 g/mol. The maximum absolute atomic E-state index is 13.2. The average molecular weight is 471 g/mol. The summed E-state index contributed by atoms with van der Waals surface area (Å²) in [5, 5.41) is 3.15. The van der Waals surface area contributed by atoms with E-state index < -0.39 is 10.0 Å². The first-order chi connectivity index (χ1) is 15.8. The molecule has 1 saturated heterocycles. The number of piperidine rings is 1. The Morgan fingerprint density at radius 1 is 1.09 bits per heavy atom. The van der Waals surface area contributed by atoms with Crippen LogP contribution in [0.1, 0.15) is 74.8 Å². The van der Waals surface area contributed by atoms with Crippen LogP contribution in [-0.2, 0) is 10.0 Å². The van der Waals surface area contributed by atoms with Gasteiger partial charge in [-0.05, 0) is 55.9 Å². The summed E-state index contributed by atoms with van der Waals surface area (Å²) in [5.74, 6) is 1.06. The van der Waals surface area contributed by atoms with Gasteiger partial charge in [-0.3, -0.25) is 4.79 Å². The van der Waals surface area contributed by atoms with E-state index in [9.17, 15) is 13.2 Å². The molecule has 0 unspecified atom stereocenters. The van der Waals surface area contributed by atoms with Crippen LogP contribution >= 0.6 is 0 Å². The summed E-state index contributed by atoms with van der Waals surface area (Å²) in [6.45, 7) is 7.40. The number of carbonyl (C=O) groups is 1. The molecule has 1 amide bonds. The second kappa shape index (κ2) is 9.47. The summed E-state index contributed by atoms with van der Waals surface area (Å²) in [6, 6.07) is 14.0. The zero-order valence-corrected chi connectivity index (χ0v) is 20.5. The third kappa shape index (κ3) is 4.80. The van der Waals surface area contributed by atoms with Gasteiger partial charge in [0.2, 0.25) is 10.0 Å². The maximum Gasteiger partial charge on any atom is 0.251 e. The number of hydrogen-bond donors (Lipinski definition) is 1. The van der Waals surface area contributed by atoms with Crippen molar-refractivity contribution in [2.45, 2.75) is 69.4 Å². The first-order valence-electron chi connectivity index (χ1n) is 12.0. The number of nitrogens with one attached hydrogen (secondary N) is 1. The minimum Gasteiger partial charge on any atom is -0.487 e. The van der Waals surface area contributed by atoms with Gasteiger partial charge in [0, 0.05) is 30.6 Å². The summed E-state index contributed by atoms with van der Waals surface area (Å²) in [4.78, 5) is 13.4. The van der Waals surface area contributed by atoms with Crippen molar-refractivity contribution >= 4 is 15.9 Å². The van der Waals surface area contributed by atoms with Crippen LogP contribution in [0.5, 0.6) is 5.75 Å². The van der Waals surface area contributed by atoms with Gasteiger partial charge in [-0.1, -0.05) is 45.0 Å². The van der Waals surface area contributed by atoms with Crippen LogP contribution < -0.4 is 10.1 Å². The van der Waals surface area contributed by atoms with Crippen LogP contribution in [0.4, 0.5) is 0 Å². The fraction of sp³-hybridized carbons (Fsp3) is 0.500. The molecule has 6 nitrogen and oxygen atoms in total. The minimum atomic E-state index is -3.62. The van der Waals surface area contributed by atoms with E-state index >= 15 is 0 Å². The van der Waals surface area contributed by atoms with Crippen LogP contribution in [0, 0.1) is 5.92 Å². The Morgan fingerprint density at radius 3 is 2.48 bits per heavy atom. The predicted octanol–water partition coefficient (Wildman–Crippen LogP) is 4.92. The molecule has 0 radical (unpaired) electrons. The molecule has 0 bridgehead atoms. The van der Waals surface area contributed by atoms with Gasteiger partial charge < -0.3 is 10.1 Å². The van der Waals surface area contributed by atoms with Crippen LogP contribution in [-0.4, -0.2) is 37.3 Å². The molecular weight excluding hydrogens is 436 g/mol. The first kappa shape index (κ1) is 23.8. The SMILES string of the molecule is CCC1(CC)C[C@H](NC(=O)c2cccc(S(=O)(=O)N3CCC(C)CC3)c2)c2ccccc2O1. The second-order valence-corrected chi connectivity index (χ2v) is 11.3.